The van der Waals surface area contributed by atoms with E-state index < -0.39 is 40.8 Å². The molecule has 2 N–H and O–H groups in total. The van der Waals surface area contributed by atoms with Crippen molar-refractivity contribution >= 4 is 28.3 Å². The Balaban J connectivity index is 1.65. The van der Waals surface area contributed by atoms with E-state index in [0.717, 1.165) is 43.7 Å². The molecule has 2 amide bonds. The van der Waals surface area contributed by atoms with Crippen molar-refractivity contribution in [1.82, 2.24) is 15.2 Å². The maximum absolute atomic E-state index is 13.9. The average Bonchev–Trinajstić information content (AvgIpc) is 3.51. The maximum Gasteiger partial charge on any atom is 0.416 e. The Hall–Kier alpha value is -2.67. The van der Waals surface area contributed by atoms with Crippen molar-refractivity contribution in [2.45, 2.75) is 82.2 Å². The van der Waals surface area contributed by atoms with Crippen LogP contribution in [0.15, 0.2) is 23.6 Å². The lowest BCUT2D eigenvalue weighted by molar-refractivity contribution is -0.143. The molecule has 2 aliphatic rings. The summed E-state index contributed by atoms with van der Waals surface area (Å²) in [5.74, 6) is -0.842. The molecule has 39 heavy (non-hydrogen) atoms. The number of benzene rings is 1. The highest BCUT2D eigenvalue weighted by atomic mass is 32.1. The number of thiazole rings is 1. The van der Waals surface area contributed by atoms with E-state index in [2.05, 4.69) is 20.5 Å². The number of hydrogen-bond acceptors (Lipinski definition) is 5. The maximum atomic E-state index is 13.9. The Kier molecular flexibility index (Phi) is 8.32. The van der Waals surface area contributed by atoms with Crippen molar-refractivity contribution in [2.24, 2.45) is 0 Å². The SMILES string of the molecule is CC(=O)Nc1nc(C2(C(=O)NC(C)c3cc(C(F)(F)F)cc(C(F)(F)F)c3)CCC(N3CCCCC3)C2)cs1. The second-order valence-electron chi connectivity index (χ2n) is 10.3. The molecule has 1 saturated carbocycles. The van der Waals surface area contributed by atoms with Gasteiger partial charge in [0.2, 0.25) is 11.8 Å². The highest BCUT2D eigenvalue weighted by Crippen LogP contribution is 2.45. The molecule has 2 heterocycles. The number of nitrogens with zero attached hydrogens (tertiary/aromatic N) is 2. The number of amides is 2. The van der Waals surface area contributed by atoms with Crippen LogP contribution in [0, 0.1) is 0 Å². The number of aromatic nitrogens is 1. The quantitative estimate of drug-likeness (QED) is 0.397. The number of hydrogen-bond donors (Lipinski definition) is 2. The fourth-order valence-corrected chi connectivity index (χ4v) is 6.37. The van der Waals surface area contributed by atoms with Crippen molar-refractivity contribution in [3.8, 4) is 0 Å². The summed E-state index contributed by atoms with van der Waals surface area (Å²) in [6.07, 6.45) is -5.24. The van der Waals surface area contributed by atoms with Gasteiger partial charge in [-0.2, -0.15) is 26.3 Å². The highest BCUT2D eigenvalue weighted by Gasteiger charge is 2.50. The second kappa shape index (κ2) is 11.1. The summed E-state index contributed by atoms with van der Waals surface area (Å²) < 4.78 is 80.4. The number of likely N-dealkylation sites (tertiary alicyclic amines) is 1. The van der Waals surface area contributed by atoms with Crippen molar-refractivity contribution < 1.29 is 35.9 Å². The highest BCUT2D eigenvalue weighted by molar-refractivity contribution is 7.14. The monoisotopic (exact) mass is 576 g/mol. The fourth-order valence-electron chi connectivity index (χ4n) is 5.52. The molecule has 0 bridgehead atoms. The second-order valence-corrected chi connectivity index (χ2v) is 11.2. The van der Waals surface area contributed by atoms with E-state index in [1.807, 2.05) is 0 Å². The molecule has 2 aromatic rings. The minimum Gasteiger partial charge on any atom is -0.349 e. The number of rotatable bonds is 6. The average molecular weight is 577 g/mol. The fraction of sp³-hybridized carbons (Fsp3) is 0.577. The number of anilines is 1. The molecule has 1 aliphatic carbocycles. The summed E-state index contributed by atoms with van der Waals surface area (Å²) in [7, 11) is 0. The van der Waals surface area contributed by atoms with Gasteiger partial charge in [0.1, 0.15) is 0 Å². The number of nitrogens with one attached hydrogen (secondary N) is 2. The number of halogens is 6. The normalized spacial score (nSPS) is 23.4. The lowest BCUT2D eigenvalue weighted by Gasteiger charge is -2.34. The lowest BCUT2D eigenvalue weighted by atomic mass is 9.81. The van der Waals surface area contributed by atoms with Gasteiger partial charge in [0, 0.05) is 18.3 Å². The molecule has 214 valence electrons. The molecule has 3 unspecified atom stereocenters. The topological polar surface area (TPSA) is 74.3 Å². The van der Waals surface area contributed by atoms with Crippen LogP contribution >= 0.6 is 11.3 Å². The van der Waals surface area contributed by atoms with Crippen LogP contribution in [-0.2, 0) is 27.4 Å². The van der Waals surface area contributed by atoms with Gasteiger partial charge in [0.15, 0.2) is 5.13 Å². The molecule has 1 saturated heterocycles. The predicted octanol–water partition coefficient (Wildman–Crippen LogP) is 6.29. The minimum atomic E-state index is -4.99. The van der Waals surface area contributed by atoms with Crippen molar-refractivity contribution in [2.75, 3.05) is 18.4 Å². The molecule has 3 atom stereocenters. The Morgan fingerprint density at radius 1 is 1.05 bits per heavy atom. The third-order valence-corrected chi connectivity index (χ3v) is 8.32. The van der Waals surface area contributed by atoms with Crippen LogP contribution < -0.4 is 10.6 Å². The van der Waals surface area contributed by atoms with Gasteiger partial charge < -0.3 is 15.5 Å². The lowest BCUT2D eigenvalue weighted by Crippen LogP contribution is -2.46. The van der Waals surface area contributed by atoms with E-state index in [1.165, 1.54) is 13.8 Å². The minimum absolute atomic E-state index is 0.0680. The van der Waals surface area contributed by atoms with E-state index in [0.29, 0.717) is 42.2 Å². The first-order chi connectivity index (χ1) is 18.2. The van der Waals surface area contributed by atoms with Gasteiger partial charge in [-0.05, 0) is 75.9 Å². The Morgan fingerprint density at radius 2 is 1.67 bits per heavy atom. The van der Waals surface area contributed by atoms with Crippen molar-refractivity contribution in [3.05, 3.63) is 46.0 Å². The summed E-state index contributed by atoms with van der Waals surface area (Å²) >= 11 is 1.16. The molecule has 1 aromatic carbocycles. The zero-order chi connectivity index (χ0) is 28.6. The molecular formula is C26H30F6N4O2S. The molecule has 1 aliphatic heterocycles. The van der Waals surface area contributed by atoms with Crippen LogP contribution in [0.1, 0.15) is 80.8 Å². The van der Waals surface area contributed by atoms with Crippen LogP contribution in [0.4, 0.5) is 31.5 Å². The van der Waals surface area contributed by atoms with Crippen LogP contribution in [0.2, 0.25) is 0 Å². The van der Waals surface area contributed by atoms with Gasteiger partial charge >= 0.3 is 12.4 Å². The van der Waals surface area contributed by atoms with E-state index in [4.69, 9.17) is 0 Å². The predicted molar refractivity (Wildman–Crippen MR) is 134 cm³/mol. The van der Waals surface area contributed by atoms with Gasteiger partial charge in [-0.15, -0.1) is 11.3 Å². The van der Waals surface area contributed by atoms with Gasteiger partial charge in [-0.25, -0.2) is 4.98 Å². The largest absolute Gasteiger partial charge is 0.416 e. The molecule has 6 nitrogen and oxygen atoms in total. The van der Waals surface area contributed by atoms with Gasteiger partial charge in [0.25, 0.3) is 0 Å². The Labute approximate surface area is 226 Å². The van der Waals surface area contributed by atoms with Gasteiger partial charge in [-0.3, -0.25) is 9.59 Å². The molecule has 4 rings (SSSR count). The zero-order valence-electron chi connectivity index (χ0n) is 21.5. The van der Waals surface area contributed by atoms with Crippen LogP contribution in [0.3, 0.4) is 0 Å². The first kappa shape index (κ1) is 29.3. The molecule has 0 radical (unpaired) electrons. The third kappa shape index (κ3) is 6.56. The Morgan fingerprint density at radius 3 is 2.23 bits per heavy atom. The number of carbonyl (C=O) groups is 2. The first-order valence-electron chi connectivity index (χ1n) is 12.8. The molecule has 1 aromatic heterocycles. The third-order valence-electron chi connectivity index (χ3n) is 7.57. The molecule has 0 spiro atoms. The van der Waals surface area contributed by atoms with Gasteiger partial charge in [0.05, 0.1) is 28.3 Å². The van der Waals surface area contributed by atoms with E-state index in [9.17, 15) is 35.9 Å². The molecular weight excluding hydrogens is 546 g/mol. The van der Waals surface area contributed by atoms with Crippen molar-refractivity contribution in [3.63, 3.8) is 0 Å². The van der Waals surface area contributed by atoms with Crippen LogP contribution in [-0.4, -0.2) is 40.8 Å². The van der Waals surface area contributed by atoms with Gasteiger partial charge in [-0.1, -0.05) is 6.42 Å². The van der Waals surface area contributed by atoms with E-state index in [1.54, 1.807) is 5.38 Å². The summed E-state index contributed by atoms with van der Waals surface area (Å²) in [6, 6.07) is 0.285. The molecule has 13 heteroatoms. The first-order valence-corrected chi connectivity index (χ1v) is 13.6. The Bertz CT molecular complexity index is 1180. The van der Waals surface area contributed by atoms with Crippen molar-refractivity contribution in [1.29, 1.82) is 0 Å². The molecule has 2 fully saturated rings. The van der Waals surface area contributed by atoms with E-state index in [-0.39, 0.29) is 23.6 Å². The smallest absolute Gasteiger partial charge is 0.349 e. The number of alkyl halides is 6. The summed E-state index contributed by atoms with van der Waals surface area (Å²) in [5, 5.41) is 7.29. The number of piperidine rings is 1. The summed E-state index contributed by atoms with van der Waals surface area (Å²) in [4.78, 5) is 32.2. The standard InChI is InChI=1S/C26H30F6N4O2S/c1-15(17-10-18(25(27,28)29)12-19(11-17)26(30,31)32)33-22(38)24(21-14-39-23(35-21)34-16(2)37)7-6-20(13-24)36-8-4-3-5-9-36/h10-12,14-15,20H,3-9,13H2,1-2H3,(H,33,38)(H,34,35,37). The van der Waals surface area contributed by atoms with Crippen LogP contribution in [0.25, 0.3) is 0 Å². The summed E-state index contributed by atoms with van der Waals surface area (Å²) in [5.41, 5.74) is -3.89. The zero-order valence-corrected chi connectivity index (χ0v) is 22.3. The summed E-state index contributed by atoms with van der Waals surface area (Å²) in [6.45, 7) is 4.49. The van der Waals surface area contributed by atoms with Crippen LogP contribution in [0.5, 0.6) is 0 Å². The van der Waals surface area contributed by atoms with E-state index >= 15 is 0 Å². The number of carbonyl (C=O) groups excluding carboxylic acids is 2.